The van der Waals surface area contributed by atoms with Crippen molar-refractivity contribution in [1.82, 2.24) is 0 Å². The van der Waals surface area contributed by atoms with Gasteiger partial charge >= 0.3 is 5.97 Å². The molecule has 1 heterocycles. The highest BCUT2D eigenvalue weighted by Gasteiger charge is 2.38. The fraction of sp³-hybridized carbons (Fsp3) is 0.917. The lowest BCUT2D eigenvalue weighted by atomic mass is 9.71. The summed E-state index contributed by atoms with van der Waals surface area (Å²) in [5.41, 5.74) is 6.07. The lowest BCUT2D eigenvalue weighted by Crippen LogP contribution is -2.43. The highest BCUT2D eigenvalue weighted by atomic mass is 16.5. The molecule has 2 N–H and O–H groups in total. The smallest absolute Gasteiger partial charge is 0.306 e. The molecule has 0 bridgehead atoms. The second-order valence-electron chi connectivity index (χ2n) is 4.60. The molecule has 2 unspecified atom stereocenters. The van der Waals surface area contributed by atoms with Crippen molar-refractivity contribution in [2.24, 2.45) is 11.1 Å². The van der Waals surface area contributed by atoms with E-state index in [2.05, 4.69) is 6.92 Å². The van der Waals surface area contributed by atoms with E-state index in [0.29, 0.717) is 13.0 Å². The topological polar surface area (TPSA) is 61.6 Å². The van der Waals surface area contributed by atoms with Gasteiger partial charge < -0.3 is 15.2 Å². The van der Waals surface area contributed by atoms with Gasteiger partial charge in [-0.3, -0.25) is 4.79 Å². The summed E-state index contributed by atoms with van der Waals surface area (Å²) in [4.78, 5) is 11.5. The van der Waals surface area contributed by atoms with E-state index in [1.165, 1.54) is 7.11 Å². The van der Waals surface area contributed by atoms with Gasteiger partial charge in [0.15, 0.2) is 0 Å². The minimum atomic E-state index is -0.161. The quantitative estimate of drug-likeness (QED) is 0.742. The van der Waals surface area contributed by atoms with Crippen LogP contribution in [-0.2, 0) is 14.3 Å². The fourth-order valence-corrected chi connectivity index (χ4v) is 2.50. The zero-order valence-corrected chi connectivity index (χ0v) is 10.3. The number of hydrogen-bond donors (Lipinski definition) is 1. The Balaban J connectivity index is 2.76. The molecular formula is C12H23NO3. The number of nitrogens with two attached hydrogens (primary N) is 1. The summed E-state index contributed by atoms with van der Waals surface area (Å²) in [6.45, 7) is 3.54. The number of carbonyl (C=O) groups is 1. The number of methoxy groups -OCH3 is 1. The maximum atomic E-state index is 11.5. The predicted octanol–water partition coefficient (Wildman–Crippen LogP) is 1.47. The number of ether oxygens (including phenoxy) is 2. The highest BCUT2D eigenvalue weighted by molar-refractivity contribution is 5.70. The lowest BCUT2D eigenvalue weighted by molar-refractivity contribution is -0.144. The van der Waals surface area contributed by atoms with E-state index in [9.17, 15) is 4.79 Å². The van der Waals surface area contributed by atoms with Gasteiger partial charge in [0.2, 0.25) is 0 Å². The van der Waals surface area contributed by atoms with Crippen LogP contribution < -0.4 is 5.73 Å². The predicted molar refractivity (Wildman–Crippen MR) is 62.0 cm³/mol. The first-order valence-electron chi connectivity index (χ1n) is 6.05. The third-order valence-electron chi connectivity index (χ3n) is 3.66. The molecule has 1 rings (SSSR count). The van der Waals surface area contributed by atoms with E-state index in [4.69, 9.17) is 15.2 Å². The maximum absolute atomic E-state index is 11.5. The highest BCUT2D eigenvalue weighted by Crippen LogP contribution is 2.38. The summed E-state index contributed by atoms with van der Waals surface area (Å²) < 4.78 is 10.2. The molecule has 1 aliphatic rings. The van der Waals surface area contributed by atoms with Gasteiger partial charge in [0.25, 0.3) is 0 Å². The zero-order chi connectivity index (χ0) is 12.0. The van der Waals surface area contributed by atoms with Crippen LogP contribution in [0.5, 0.6) is 0 Å². The molecule has 0 aromatic heterocycles. The van der Waals surface area contributed by atoms with Gasteiger partial charge in [-0.05, 0) is 31.1 Å². The first kappa shape index (κ1) is 13.5. The number of rotatable bonds is 4. The third-order valence-corrected chi connectivity index (χ3v) is 3.66. The van der Waals surface area contributed by atoms with Crippen LogP contribution in [0.2, 0.25) is 0 Å². The van der Waals surface area contributed by atoms with Crippen LogP contribution in [0.1, 0.15) is 39.0 Å². The normalized spacial score (nSPS) is 28.2. The van der Waals surface area contributed by atoms with Gasteiger partial charge in [0.1, 0.15) is 0 Å². The summed E-state index contributed by atoms with van der Waals surface area (Å²) in [6, 6.07) is 0.0494. The van der Waals surface area contributed by atoms with Crippen molar-refractivity contribution >= 4 is 5.97 Å². The molecule has 1 aliphatic heterocycles. The van der Waals surface area contributed by atoms with Crippen molar-refractivity contribution in [2.45, 2.75) is 45.1 Å². The van der Waals surface area contributed by atoms with Crippen LogP contribution >= 0.6 is 0 Å². The molecule has 0 radical (unpaired) electrons. The Morgan fingerprint density at radius 3 is 2.88 bits per heavy atom. The van der Waals surface area contributed by atoms with Crippen molar-refractivity contribution in [2.75, 3.05) is 20.3 Å². The van der Waals surface area contributed by atoms with Crippen LogP contribution in [0, 0.1) is 5.41 Å². The molecule has 4 heteroatoms. The Hall–Kier alpha value is -0.610. The number of esters is 1. The average Bonchev–Trinajstić information content (AvgIpc) is 2.54. The second-order valence-corrected chi connectivity index (χ2v) is 4.60. The van der Waals surface area contributed by atoms with Gasteiger partial charge in [0.05, 0.1) is 13.5 Å². The van der Waals surface area contributed by atoms with Crippen molar-refractivity contribution in [3.8, 4) is 0 Å². The number of hydrogen-bond acceptors (Lipinski definition) is 4. The molecule has 0 aromatic rings. The first-order valence-corrected chi connectivity index (χ1v) is 6.05. The van der Waals surface area contributed by atoms with E-state index >= 15 is 0 Å². The molecule has 2 atom stereocenters. The van der Waals surface area contributed by atoms with Crippen molar-refractivity contribution in [3.05, 3.63) is 0 Å². The van der Waals surface area contributed by atoms with E-state index in [1.54, 1.807) is 0 Å². The minimum absolute atomic E-state index is 0.0494. The Bertz CT molecular complexity index is 222. The van der Waals surface area contributed by atoms with Gasteiger partial charge in [0, 0.05) is 19.3 Å². The van der Waals surface area contributed by atoms with E-state index in [-0.39, 0.29) is 17.4 Å². The summed E-state index contributed by atoms with van der Waals surface area (Å²) in [5.74, 6) is -0.161. The Morgan fingerprint density at radius 2 is 2.25 bits per heavy atom. The molecule has 16 heavy (non-hydrogen) atoms. The van der Waals surface area contributed by atoms with E-state index < -0.39 is 0 Å². The van der Waals surface area contributed by atoms with Crippen molar-refractivity contribution < 1.29 is 14.3 Å². The third kappa shape index (κ3) is 3.19. The monoisotopic (exact) mass is 229 g/mol. The van der Waals surface area contributed by atoms with Crippen molar-refractivity contribution in [3.63, 3.8) is 0 Å². The molecule has 94 valence electrons. The second kappa shape index (κ2) is 6.21. The molecule has 0 spiro atoms. The van der Waals surface area contributed by atoms with Crippen LogP contribution in [0.15, 0.2) is 0 Å². The molecular weight excluding hydrogens is 206 g/mol. The van der Waals surface area contributed by atoms with Crippen LogP contribution in [0.4, 0.5) is 0 Å². The molecule has 1 fully saturated rings. The summed E-state index contributed by atoms with van der Waals surface area (Å²) in [7, 11) is 1.43. The summed E-state index contributed by atoms with van der Waals surface area (Å²) in [5, 5.41) is 0. The largest absolute Gasteiger partial charge is 0.469 e. The van der Waals surface area contributed by atoms with Crippen molar-refractivity contribution in [1.29, 1.82) is 0 Å². The zero-order valence-electron chi connectivity index (χ0n) is 10.3. The SMILES string of the molecule is CCC(N)C1(CC(=O)OC)CCCOCC1. The molecule has 4 nitrogen and oxygen atoms in total. The Kier molecular flexibility index (Phi) is 5.22. The summed E-state index contributed by atoms with van der Waals surface area (Å²) >= 11 is 0. The standard InChI is InChI=1S/C12H23NO3/c1-3-10(13)12(9-11(14)15-2)5-4-7-16-8-6-12/h10H,3-9,13H2,1-2H3. The van der Waals surface area contributed by atoms with Gasteiger partial charge in [-0.2, -0.15) is 0 Å². The Labute approximate surface area is 97.5 Å². The molecule has 0 aliphatic carbocycles. The van der Waals surface area contributed by atoms with Crippen LogP contribution in [-0.4, -0.2) is 32.3 Å². The molecule has 0 aromatic carbocycles. The molecule has 0 amide bonds. The van der Waals surface area contributed by atoms with Crippen LogP contribution in [0.25, 0.3) is 0 Å². The van der Waals surface area contributed by atoms with Gasteiger partial charge in [-0.1, -0.05) is 6.92 Å². The first-order chi connectivity index (χ1) is 7.64. The summed E-state index contributed by atoms with van der Waals surface area (Å²) in [6.07, 6.45) is 4.10. The maximum Gasteiger partial charge on any atom is 0.306 e. The lowest BCUT2D eigenvalue weighted by Gasteiger charge is -2.36. The molecule has 1 saturated heterocycles. The molecule has 0 saturated carbocycles. The average molecular weight is 229 g/mol. The fourth-order valence-electron chi connectivity index (χ4n) is 2.50. The van der Waals surface area contributed by atoms with E-state index in [0.717, 1.165) is 32.3 Å². The minimum Gasteiger partial charge on any atom is -0.469 e. The van der Waals surface area contributed by atoms with Crippen LogP contribution in [0.3, 0.4) is 0 Å². The van der Waals surface area contributed by atoms with Gasteiger partial charge in [-0.25, -0.2) is 0 Å². The number of carbonyl (C=O) groups excluding carboxylic acids is 1. The Morgan fingerprint density at radius 1 is 1.50 bits per heavy atom. The van der Waals surface area contributed by atoms with E-state index in [1.807, 2.05) is 0 Å². The van der Waals surface area contributed by atoms with Gasteiger partial charge in [-0.15, -0.1) is 0 Å².